The van der Waals surface area contributed by atoms with E-state index in [1.54, 1.807) is 11.3 Å². The molecule has 0 unspecified atom stereocenters. The number of halogens is 1. The van der Waals surface area contributed by atoms with E-state index in [0.29, 0.717) is 6.42 Å². The second kappa shape index (κ2) is 7.84. The Kier molecular flexibility index (Phi) is 6.77. The van der Waals surface area contributed by atoms with Crippen LogP contribution >= 0.6 is 27.3 Å². The zero-order valence-corrected chi connectivity index (χ0v) is 12.7. The van der Waals surface area contributed by atoms with Crippen molar-refractivity contribution in [2.75, 3.05) is 26.2 Å². The molecule has 1 rings (SSSR count). The maximum atomic E-state index is 11.6. The maximum absolute atomic E-state index is 11.6. The monoisotopic (exact) mass is 318 g/mol. The number of hydrogen-bond donors (Lipinski definition) is 1. The van der Waals surface area contributed by atoms with E-state index >= 15 is 0 Å². The summed E-state index contributed by atoms with van der Waals surface area (Å²) in [5.41, 5.74) is 0. The largest absolute Gasteiger partial charge is 0.355 e. The first-order chi connectivity index (χ1) is 8.15. The number of carbonyl (C=O) groups is 1. The molecule has 1 N–H and O–H groups in total. The number of nitrogens with one attached hydrogen (secondary N) is 1. The number of amides is 1. The molecule has 1 aromatic rings. The Bertz CT molecular complexity index is 350. The van der Waals surface area contributed by atoms with Gasteiger partial charge in [0.15, 0.2) is 0 Å². The van der Waals surface area contributed by atoms with Gasteiger partial charge in [-0.3, -0.25) is 4.79 Å². The first kappa shape index (κ1) is 14.7. The molecule has 1 heterocycles. The number of rotatable bonds is 7. The number of hydrogen-bond acceptors (Lipinski definition) is 3. The summed E-state index contributed by atoms with van der Waals surface area (Å²) >= 11 is 5.00. The molecule has 0 bridgehead atoms. The minimum absolute atomic E-state index is 0.103. The molecule has 96 valence electrons. The molecule has 0 aliphatic carbocycles. The highest BCUT2D eigenvalue weighted by molar-refractivity contribution is 9.11. The van der Waals surface area contributed by atoms with Gasteiger partial charge in [-0.25, -0.2) is 0 Å². The molecule has 0 aliphatic rings. The second-order valence-electron chi connectivity index (χ2n) is 3.76. The van der Waals surface area contributed by atoms with Gasteiger partial charge in [-0.15, -0.1) is 11.3 Å². The highest BCUT2D eigenvalue weighted by Gasteiger charge is 2.06. The van der Waals surface area contributed by atoms with Gasteiger partial charge in [-0.05, 0) is 41.2 Å². The van der Waals surface area contributed by atoms with Crippen LogP contribution in [-0.4, -0.2) is 37.0 Å². The lowest BCUT2D eigenvalue weighted by atomic mass is 10.3. The van der Waals surface area contributed by atoms with E-state index in [1.165, 1.54) is 0 Å². The highest BCUT2D eigenvalue weighted by Crippen LogP contribution is 2.22. The zero-order chi connectivity index (χ0) is 12.7. The van der Waals surface area contributed by atoms with Crippen LogP contribution in [0.5, 0.6) is 0 Å². The molecule has 1 aromatic heterocycles. The summed E-state index contributed by atoms with van der Waals surface area (Å²) in [4.78, 5) is 15.0. The predicted molar refractivity (Wildman–Crippen MR) is 76.5 cm³/mol. The van der Waals surface area contributed by atoms with Gasteiger partial charge in [0, 0.05) is 18.0 Å². The fourth-order valence-corrected chi connectivity index (χ4v) is 3.04. The highest BCUT2D eigenvalue weighted by atomic mass is 79.9. The fraction of sp³-hybridized carbons (Fsp3) is 0.583. The van der Waals surface area contributed by atoms with E-state index in [4.69, 9.17) is 0 Å². The fourth-order valence-electron chi connectivity index (χ4n) is 1.56. The van der Waals surface area contributed by atoms with Crippen LogP contribution in [0.2, 0.25) is 0 Å². The summed E-state index contributed by atoms with van der Waals surface area (Å²) in [5, 5.41) is 2.95. The molecule has 0 aliphatic heterocycles. The van der Waals surface area contributed by atoms with Crippen molar-refractivity contribution in [3.05, 3.63) is 20.8 Å². The molecule has 17 heavy (non-hydrogen) atoms. The first-order valence-corrected chi connectivity index (χ1v) is 7.50. The molecule has 0 saturated heterocycles. The number of thiophene rings is 1. The summed E-state index contributed by atoms with van der Waals surface area (Å²) in [6, 6.07) is 3.96. The minimum atomic E-state index is 0.103. The molecule has 0 atom stereocenters. The van der Waals surface area contributed by atoms with Crippen LogP contribution < -0.4 is 5.32 Å². The van der Waals surface area contributed by atoms with Gasteiger partial charge in [0.1, 0.15) is 0 Å². The van der Waals surface area contributed by atoms with Crippen LogP contribution in [0.4, 0.5) is 0 Å². The SMILES string of the molecule is CCN(CC)CCNC(=O)Cc1ccc(Br)s1. The third-order valence-electron chi connectivity index (χ3n) is 2.61. The van der Waals surface area contributed by atoms with Crippen LogP contribution in [-0.2, 0) is 11.2 Å². The van der Waals surface area contributed by atoms with E-state index in [9.17, 15) is 4.79 Å². The van der Waals surface area contributed by atoms with Crippen LogP contribution in [0.25, 0.3) is 0 Å². The summed E-state index contributed by atoms with van der Waals surface area (Å²) in [7, 11) is 0. The van der Waals surface area contributed by atoms with E-state index in [1.807, 2.05) is 12.1 Å². The normalized spacial score (nSPS) is 10.8. The third kappa shape index (κ3) is 5.66. The van der Waals surface area contributed by atoms with Crippen molar-refractivity contribution in [3.63, 3.8) is 0 Å². The lowest BCUT2D eigenvalue weighted by Gasteiger charge is -2.17. The molecule has 1 amide bonds. The Balaban J connectivity index is 2.21. The molecule has 0 aromatic carbocycles. The third-order valence-corrected chi connectivity index (χ3v) is 4.23. The van der Waals surface area contributed by atoms with Crippen molar-refractivity contribution in [3.8, 4) is 0 Å². The molecule has 0 radical (unpaired) electrons. The Labute approximate surface area is 115 Å². The predicted octanol–water partition coefficient (Wildman–Crippen LogP) is 2.51. The maximum Gasteiger partial charge on any atom is 0.225 e. The number of nitrogens with zero attached hydrogens (tertiary/aromatic N) is 1. The molecule has 0 fully saturated rings. The van der Waals surface area contributed by atoms with Gasteiger partial charge >= 0.3 is 0 Å². The van der Waals surface area contributed by atoms with Crippen molar-refractivity contribution in [1.82, 2.24) is 10.2 Å². The Morgan fingerprint density at radius 2 is 2.12 bits per heavy atom. The van der Waals surface area contributed by atoms with Gasteiger partial charge in [0.2, 0.25) is 5.91 Å². The summed E-state index contributed by atoms with van der Waals surface area (Å²) < 4.78 is 1.07. The molecule has 0 saturated carbocycles. The van der Waals surface area contributed by atoms with E-state index in [0.717, 1.165) is 34.8 Å². The Morgan fingerprint density at radius 1 is 1.41 bits per heavy atom. The summed E-state index contributed by atoms with van der Waals surface area (Å²) in [6.45, 7) is 7.98. The van der Waals surface area contributed by atoms with Crippen molar-refractivity contribution >= 4 is 33.2 Å². The number of carbonyl (C=O) groups excluding carboxylic acids is 1. The minimum Gasteiger partial charge on any atom is -0.355 e. The Hall–Kier alpha value is -0.390. The van der Waals surface area contributed by atoms with E-state index in [-0.39, 0.29) is 5.91 Å². The lowest BCUT2D eigenvalue weighted by molar-refractivity contribution is -0.120. The van der Waals surface area contributed by atoms with Crippen LogP contribution in [0.1, 0.15) is 18.7 Å². The smallest absolute Gasteiger partial charge is 0.225 e. The van der Waals surface area contributed by atoms with Crippen LogP contribution in [0, 0.1) is 0 Å². The van der Waals surface area contributed by atoms with Crippen molar-refractivity contribution < 1.29 is 4.79 Å². The topological polar surface area (TPSA) is 32.3 Å². The van der Waals surface area contributed by atoms with Crippen LogP contribution in [0.3, 0.4) is 0 Å². The van der Waals surface area contributed by atoms with Gasteiger partial charge in [-0.1, -0.05) is 13.8 Å². The molecular weight excluding hydrogens is 300 g/mol. The van der Waals surface area contributed by atoms with Crippen LogP contribution in [0.15, 0.2) is 15.9 Å². The van der Waals surface area contributed by atoms with Crippen molar-refractivity contribution in [2.45, 2.75) is 20.3 Å². The standard InChI is InChI=1S/C12H19BrN2OS/c1-3-15(4-2)8-7-14-12(16)9-10-5-6-11(13)17-10/h5-6H,3-4,7-9H2,1-2H3,(H,14,16). The van der Waals surface area contributed by atoms with Gasteiger partial charge < -0.3 is 10.2 Å². The molecule has 0 spiro atoms. The average Bonchev–Trinajstić information content (AvgIpc) is 2.70. The summed E-state index contributed by atoms with van der Waals surface area (Å²) in [5.74, 6) is 0.103. The molecule has 3 nitrogen and oxygen atoms in total. The van der Waals surface area contributed by atoms with Gasteiger partial charge in [0.05, 0.1) is 10.2 Å². The summed E-state index contributed by atoms with van der Waals surface area (Å²) in [6.07, 6.45) is 0.481. The van der Waals surface area contributed by atoms with Crippen molar-refractivity contribution in [1.29, 1.82) is 0 Å². The first-order valence-electron chi connectivity index (χ1n) is 5.89. The number of likely N-dealkylation sites (N-methyl/N-ethyl adjacent to an activating group) is 1. The lowest BCUT2D eigenvalue weighted by Crippen LogP contribution is -2.35. The molecule has 5 heteroatoms. The van der Waals surface area contributed by atoms with Crippen molar-refractivity contribution in [2.24, 2.45) is 0 Å². The van der Waals surface area contributed by atoms with Gasteiger partial charge in [0.25, 0.3) is 0 Å². The van der Waals surface area contributed by atoms with E-state index < -0.39 is 0 Å². The second-order valence-corrected chi connectivity index (χ2v) is 6.31. The average molecular weight is 319 g/mol. The quantitative estimate of drug-likeness (QED) is 0.837. The van der Waals surface area contributed by atoms with E-state index in [2.05, 4.69) is 40.0 Å². The zero-order valence-electron chi connectivity index (χ0n) is 10.3. The molecular formula is C12H19BrN2OS. The Morgan fingerprint density at radius 3 is 2.65 bits per heavy atom. The van der Waals surface area contributed by atoms with Gasteiger partial charge in [-0.2, -0.15) is 0 Å².